The van der Waals surface area contributed by atoms with Gasteiger partial charge in [0, 0.05) is 18.9 Å². The summed E-state index contributed by atoms with van der Waals surface area (Å²) in [6.07, 6.45) is 3.10. The molecule has 2 rings (SSSR count). The van der Waals surface area contributed by atoms with E-state index in [1.165, 1.54) is 18.3 Å². The van der Waals surface area contributed by atoms with Crippen LogP contribution in [0.1, 0.15) is 5.56 Å². The van der Waals surface area contributed by atoms with Crippen LogP contribution in [0.25, 0.3) is 0 Å². The highest BCUT2D eigenvalue weighted by molar-refractivity contribution is 7.89. The van der Waals surface area contributed by atoms with Crippen LogP contribution in [0.5, 0.6) is 0 Å². The van der Waals surface area contributed by atoms with Gasteiger partial charge in [0.1, 0.15) is 4.90 Å². The van der Waals surface area contributed by atoms with E-state index in [4.69, 9.17) is 11.6 Å². The maximum atomic E-state index is 13.7. The van der Waals surface area contributed by atoms with Gasteiger partial charge in [0.15, 0.2) is 5.82 Å². The zero-order valence-electron chi connectivity index (χ0n) is 9.68. The van der Waals surface area contributed by atoms with Crippen LogP contribution in [0, 0.1) is 5.82 Å². The Bertz CT molecular complexity index is 677. The fourth-order valence-electron chi connectivity index (χ4n) is 1.45. The van der Waals surface area contributed by atoms with Gasteiger partial charge >= 0.3 is 0 Å². The second-order valence-corrected chi connectivity index (χ2v) is 5.88. The molecule has 100 valence electrons. The molecule has 0 radical (unpaired) electrons. The van der Waals surface area contributed by atoms with E-state index in [9.17, 15) is 12.8 Å². The number of sulfonamides is 1. The first-order valence-electron chi connectivity index (χ1n) is 5.33. The standard InChI is InChI=1S/C12H10ClFN2O2S/c13-10-4-1-5-11(12(10)14)19(17,18)16-8-9-3-2-6-15-7-9/h1-7,16H,8H2. The molecule has 1 aromatic carbocycles. The predicted molar refractivity (Wildman–Crippen MR) is 69.7 cm³/mol. The quantitative estimate of drug-likeness (QED) is 0.943. The largest absolute Gasteiger partial charge is 0.264 e. The highest BCUT2D eigenvalue weighted by Crippen LogP contribution is 2.21. The van der Waals surface area contributed by atoms with Gasteiger partial charge in [-0.2, -0.15) is 0 Å². The van der Waals surface area contributed by atoms with Crippen molar-refractivity contribution in [1.82, 2.24) is 9.71 Å². The highest BCUT2D eigenvalue weighted by atomic mass is 35.5. The van der Waals surface area contributed by atoms with E-state index in [-0.39, 0.29) is 11.6 Å². The number of rotatable bonds is 4. The molecule has 7 heteroatoms. The molecule has 0 fully saturated rings. The monoisotopic (exact) mass is 300 g/mol. The molecule has 0 spiro atoms. The minimum absolute atomic E-state index is 0.0299. The average Bonchev–Trinajstić information content (AvgIpc) is 2.41. The normalized spacial score (nSPS) is 11.5. The lowest BCUT2D eigenvalue weighted by atomic mass is 10.3. The van der Waals surface area contributed by atoms with Crippen LogP contribution in [-0.2, 0) is 16.6 Å². The van der Waals surface area contributed by atoms with Crippen molar-refractivity contribution in [3.05, 3.63) is 59.1 Å². The first-order valence-corrected chi connectivity index (χ1v) is 7.19. The predicted octanol–water partition coefficient (Wildman–Crippen LogP) is 2.35. The molecule has 0 atom stereocenters. The molecule has 1 heterocycles. The molecule has 1 N–H and O–H groups in total. The molecule has 0 saturated carbocycles. The van der Waals surface area contributed by atoms with Crippen molar-refractivity contribution in [2.45, 2.75) is 11.4 Å². The maximum absolute atomic E-state index is 13.7. The van der Waals surface area contributed by atoms with Crippen LogP contribution in [0.2, 0.25) is 5.02 Å². The lowest BCUT2D eigenvalue weighted by Crippen LogP contribution is -2.24. The molecule has 0 bridgehead atoms. The second-order valence-electron chi connectivity index (χ2n) is 3.74. The van der Waals surface area contributed by atoms with Gasteiger partial charge in [0.05, 0.1) is 5.02 Å². The summed E-state index contributed by atoms with van der Waals surface area (Å²) in [5.74, 6) is -0.956. The van der Waals surface area contributed by atoms with Gasteiger partial charge in [0.2, 0.25) is 10.0 Å². The number of hydrogen-bond donors (Lipinski definition) is 1. The molecule has 4 nitrogen and oxygen atoms in total. The zero-order chi connectivity index (χ0) is 13.9. The van der Waals surface area contributed by atoms with Crippen molar-refractivity contribution in [2.75, 3.05) is 0 Å². The zero-order valence-corrected chi connectivity index (χ0v) is 11.2. The topological polar surface area (TPSA) is 59.1 Å². The molecule has 0 amide bonds. The fourth-order valence-corrected chi connectivity index (χ4v) is 2.80. The lowest BCUT2D eigenvalue weighted by Gasteiger charge is -2.08. The highest BCUT2D eigenvalue weighted by Gasteiger charge is 2.20. The number of nitrogens with zero attached hydrogens (tertiary/aromatic N) is 1. The van der Waals surface area contributed by atoms with Gasteiger partial charge in [0.25, 0.3) is 0 Å². The number of nitrogens with one attached hydrogen (secondary N) is 1. The Balaban J connectivity index is 2.22. The maximum Gasteiger partial charge on any atom is 0.243 e. The summed E-state index contributed by atoms with van der Waals surface area (Å²) in [7, 11) is -3.95. The van der Waals surface area contributed by atoms with E-state index in [1.54, 1.807) is 18.3 Å². The summed E-state index contributed by atoms with van der Waals surface area (Å²) in [6.45, 7) is 0.0299. The van der Waals surface area contributed by atoms with E-state index >= 15 is 0 Å². The summed E-state index contributed by atoms with van der Waals surface area (Å²) in [5, 5.41) is -0.232. The third-order valence-corrected chi connectivity index (χ3v) is 4.11. The third-order valence-electron chi connectivity index (χ3n) is 2.39. The molecule has 0 aliphatic rings. The average molecular weight is 301 g/mol. The van der Waals surface area contributed by atoms with Crippen LogP contribution < -0.4 is 4.72 Å². The van der Waals surface area contributed by atoms with Gasteiger partial charge in [-0.3, -0.25) is 4.98 Å². The molecule has 1 aromatic heterocycles. The van der Waals surface area contributed by atoms with Crippen LogP contribution in [0.3, 0.4) is 0 Å². The van der Waals surface area contributed by atoms with Crippen LogP contribution in [0.4, 0.5) is 4.39 Å². The Kier molecular flexibility index (Phi) is 4.14. The smallest absolute Gasteiger partial charge is 0.243 e. The first kappa shape index (κ1) is 13.9. The van der Waals surface area contributed by atoms with E-state index in [0.29, 0.717) is 5.56 Å². The van der Waals surface area contributed by atoms with Crippen molar-refractivity contribution >= 4 is 21.6 Å². The number of pyridine rings is 1. The number of benzene rings is 1. The Morgan fingerprint density at radius 2 is 2.05 bits per heavy atom. The van der Waals surface area contributed by atoms with Crippen molar-refractivity contribution in [3.63, 3.8) is 0 Å². The Labute approximate surface area is 115 Å². The molecule has 0 unspecified atom stereocenters. The van der Waals surface area contributed by atoms with Crippen molar-refractivity contribution < 1.29 is 12.8 Å². The fraction of sp³-hybridized carbons (Fsp3) is 0.0833. The first-order chi connectivity index (χ1) is 9.00. The van der Waals surface area contributed by atoms with Gasteiger partial charge in [-0.15, -0.1) is 0 Å². The van der Waals surface area contributed by atoms with E-state index in [1.807, 2.05) is 0 Å². The Morgan fingerprint density at radius 3 is 2.74 bits per heavy atom. The molecular weight excluding hydrogens is 291 g/mol. The third kappa shape index (κ3) is 3.28. The lowest BCUT2D eigenvalue weighted by molar-refractivity contribution is 0.557. The van der Waals surface area contributed by atoms with Gasteiger partial charge in [-0.1, -0.05) is 23.7 Å². The molecule has 0 aliphatic heterocycles. The molecular formula is C12H10ClFN2O2S. The van der Waals surface area contributed by atoms with Crippen molar-refractivity contribution in [2.24, 2.45) is 0 Å². The summed E-state index contributed by atoms with van der Waals surface area (Å²) in [5.41, 5.74) is 0.675. The number of halogens is 2. The van der Waals surface area contributed by atoms with Crippen molar-refractivity contribution in [1.29, 1.82) is 0 Å². The van der Waals surface area contributed by atoms with E-state index in [0.717, 1.165) is 6.07 Å². The minimum atomic E-state index is -3.95. The SMILES string of the molecule is O=S(=O)(NCc1cccnc1)c1cccc(Cl)c1F. The van der Waals surface area contributed by atoms with Crippen LogP contribution >= 0.6 is 11.6 Å². The number of hydrogen-bond acceptors (Lipinski definition) is 3. The van der Waals surface area contributed by atoms with Crippen LogP contribution in [0.15, 0.2) is 47.6 Å². The Hall–Kier alpha value is -1.50. The van der Waals surface area contributed by atoms with Gasteiger partial charge in [-0.05, 0) is 23.8 Å². The number of aromatic nitrogens is 1. The minimum Gasteiger partial charge on any atom is -0.264 e. The molecule has 2 aromatic rings. The molecule has 19 heavy (non-hydrogen) atoms. The van der Waals surface area contributed by atoms with Gasteiger partial charge in [-0.25, -0.2) is 17.5 Å². The molecule has 0 saturated heterocycles. The summed E-state index contributed by atoms with van der Waals surface area (Å²) in [6, 6.07) is 7.22. The summed E-state index contributed by atoms with van der Waals surface area (Å²) in [4.78, 5) is 3.39. The van der Waals surface area contributed by atoms with E-state index < -0.39 is 20.7 Å². The summed E-state index contributed by atoms with van der Waals surface area (Å²) >= 11 is 5.56. The Morgan fingerprint density at radius 1 is 1.26 bits per heavy atom. The second kappa shape index (κ2) is 5.64. The van der Waals surface area contributed by atoms with E-state index in [2.05, 4.69) is 9.71 Å². The summed E-state index contributed by atoms with van der Waals surface area (Å²) < 4.78 is 39.8. The molecule has 0 aliphatic carbocycles. The van der Waals surface area contributed by atoms with Crippen LogP contribution in [-0.4, -0.2) is 13.4 Å². The van der Waals surface area contributed by atoms with Gasteiger partial charge < -0.3 is 0 Å². The van der Waals surface area contributed by atoms with Crippen molar-refractivity contribution in [3.8, 4) is 0 Å².